The number of aliphatic hydroxyl groups excluding tert-OH is 1. The first kappa shape index (κ1) is 51.4. The van der Waals surface area contributed by atoms with E-state index in [1.165, 1.54) is 0 Å². The molecule has 2 fully saturated rings. The number of hydrogen-bond acceptors (Lipinski definition) is 14. The summed E-state index contributed by atoms with van der Waals surface area (Å²) >= 11 is 0. The highest BCUT2D eigenvalue weighted by Crippen LogP contribution is 2.39. The summed E-state index contributed by atoms with van der Waals surface area (Å²) in [7, 11) is -13.5. The van der Waals surface area contributed by atoms with Crippen molar-refractivity contribution in [2.24, 2.45) is 5.73 Å². The van der Waals surface area contributed by atoms with Gasteiger partial charge in [-0.2, -0.15) is 0 Å². The van der Waals surface area contributed by atoms with Gasteiger partial charge in [-0.05, 0) is 118 Å². The van der Waals surface area contributed by atoms with Gasteiger partial charge in [-0.15, -0.1) is 0 Å². The van der Waals surface area contributed by atoms with Crippen molar-refractivity contribution in [1.82, 2.24) is 0 Å². The summed E-state index contributed by atoms with van der Waals surface area (Å²) in [5.74, 6) is -0.433. The van der Waals surface area contributed by atoms with E-state index in [4.69, 9.17) is 56.0 Å². The lowest BCUT2D eigenvalue weighted by atomic mass is 9.98. The molecule has 326 valence electrons. The molecule has 2 aliphatic rings. The van der Waals surface area contributed by atoms with Gasteiger partial charge in [0.1, 0.15) is 55.4 Å². The van der Waals surface area contributed by atoms with E-state index in [1.807, 2.05) is 0 Å². The van der Waals surface area contributed by atoms with Gasteiger partial charge in [-0.1, -0.05) is 0 Å². The lowest BCUT2D eigenvalue weighted by molar-refractivity contribution is -0.368. The highest BCUT2D eigenvalue weighted by Gasteiger charge is 2.57. The normalized spacial score (nSPS) is 30.4. The predicted molar refractivity (Wildman–Crippen MR) is 230 cm³/mol. The second kappa shape index (κ2) is 20.7. The van der Waals surface area contributed by atoms with Crippen LogP contribution in [-0.4, -0.2) is 155 Å². The van der Waals surface area contributed by atoms with Crippen molar-refractivity contribution < 1.29 is 60.1 Å². The van der Waals surface area contributed by atoms with Crippen LogP contribution in [0.25, 0.3) is 0 Å². The van der Waals surface area contributed by atoms with Crippen molar-refractivity contribution in [3.8, 4) is 0 Å². The average Bonchev–Trinajstić information content (AvgIpc) is 2.96. The Bertz CT molecular complexity index is 1170. The van der Waals surface area contributed by atoms with E-state index in [0.29, 0.717) is 13.2 Å². The first-order valence-corrected chi connectivity index (χ1v) is 40.3. The monoisotopic (exact) mass is 889 g/mol. The number of rotatable bonds is 22. The zero-order valence-electron chi connectivity index (χ0n) is 37.4. The first-order chi connectivity index (χ1) is 24.8. The van der Waals surface area contributed by atoms with E-state index in [1.54, 1.807) is 0 Å². The number of esters is 1. The maximum Gasteiger partial charge on any atom is 0.308 e. The summed E-state index contributed by atoms with van der Waals surface area (Å²) in [5.41, 5.74) is 5.54. The average molecular weight is 891 g/mol. The molecule has 2 rings (SSSR count). The summed E-state index contributed by atoms with van der Waals surface area (Å²) in [5, 5.41) is 10.8. The Morgan fingerprint density at radius 1 is 0.527 bits per heavy atom. The molecule has 0 bridgehead atoms. The maximum atomic E-state index is 13.0. The molecule has 20 heteroatoms. The minimum Gasteiger partial charge on any atom is -0.463 e. The fraction of sp³-hybridized carbons (Fsp3) is 0.971. The number of ether oxygens (including phenoxy) is 5. The van der Waals surface area contributed by atoms with Crippen molar-refractivity contribution >= 4 is 55.9 Å². The van der Waals surface area contributed by atoms with E-state index < -0.39 is 117 Å². The maximum absolute atomic E-state index is 13.0. The van der Waals surface area contributed by atoms with E-state index >= 15 is 0 Å². The first-order valence-electron chi connectivity index (χ1n) is 19.9. The molecular weight excluding hydrogens is 811 g/mol. The summed E-state index contributed by atoms with van der Waals surface area (Å²) < 4.78 is 73.3. The Labute approximate surface area is 339 Å². The highest BCUT2D eigenvalue weighted by molar-refractivity contribution is 6.71. The van der Waals surface area contributed by atoms with Crippen LogP contribution in [-0.2, 0) is 55.0 Å². The van der Waals surface area contributed by atoms with Crippen molar-refractivity contribution in [3.63, 3.8) is 0 Å². The number of hydrogen-bond donors (Lipinski definition) is 2. The van der Waals surface area contributed by atoms with Gasteiger partial charge >= 0.3 is 5.97 Å². The van der Waals surface area contributed by atoms with E-state index in [0.717, 1.165) is 0 Å². The van der Waals surface area contributed by atoms with Gasteiger partial charge < -0.3 is 61.1 Å². The van der Waals surface area contributed by atoms with E-state index in [9.17, 15) is 9.90 Å². The molecule has 0 aliphatic carbocycles. The lowest BCUT2D eigenvalue weighted by Gasteiger charge is -2.53. The van der Waals surface area contributed by atoms with E-state index in [2.05, 4.69) is 118 Å². The molecule has 2 saturated heterocycles. The van der Waals surface area contributed by atoms with Crippen LogP contribution in [0, 0.1) is 0 Å². The lowest BCUT2D eigenvalue weighted by Crippen LogP contribution is -2.69. The topological polar surface area (TPSA) is 165 Å². The largest absolute Gasteiger partial charge is 0.463 e. The van der Waals surface area contributed by atoms with Gasteiger partial charge in [0, 0.05) is 6.54 Å². The third-order valence-electron chi connectivity index (χ3n) is 7.69. The fourth-order valence-electron chi connectivity index (χ4n) is 6.23. The Kier molecular flexibility index (Phi) is 19.4. The molecule has 10 atom stereocenters. The Morgan fingerprint density at radius 2 is 0.873 bits per heavy atom. The van der Waals surface area contributed by atoms with Gasteiger partial charge in [0.2, 0.25) is 0 Å². The van der Waals surface area contributed by atoms with Crippen molar-refractivity contribution in [2.45, 2.75) is 186 Å². The number of aliphatic hydroxyl groups is 1. The fourth-order valence-corrected chi connectivity index (χ4v) is 12.7. The predicted octanol–water partition coefficient (Wildman–Crippen LogP) is 5.67. The van der Waals surface area contributed by atoms with Crippen LogP contribution in [0.1, 0.15) is 6.42 Å². The number of nitrogens with two attached hydrogens (primary N) is 1. The molecular formula is C35H79NO13Si6. The van der Waals surface area contributed by atoms with Crippen LogP contribution in [0.2, 0.25) is 118 Å². The van der Waals surface area contributed by atoms with Crippen LogP contribution in [0.3, 0.4) is 0 Å². The van der Waals surface area contributed by atoms with Gasteiger partial charge in [-0.3, -0.25) is 4.79 Å². The molecule has 55 heavy (non-hydrogen) atoms. The molecule has 3 N–H and O–H groups in total. The zero-order chi connectivity index (χ0) is 42.4. The van der Waals surface area contributed by atoms with Crippen LogP contribution >= 0.6 is 0 Å². The molecule has 0 aromatic rings. The third kappa shape index (κ3) is 19.5. The molecule has 14 nitrogen and oxygen atoms in total. The highest BCUT2D eigenvalue weighted by atomic mass is 28.4. The molecule has 0 radical (unpaired) electrons. The molecule has 2 heterocycles. The second-order valence-electron chi connectivity index (χ2n) is 20.4. The van der Waals surface area contributed by atoms with Gasteiger partial charge in [0.15, 0.2) is 62.5 Å². The smallest absolute Gasteiger partial charge is 0.308 e. The number of carbonyl (C=O) groups is 1. The van der Waals surface area contributed by atoms with Crippen molar-refractivity contribution in [2.75, 3.05) is 33.0 Å². The van der Waals surface area contributed by atoms with Crippen LogP contribution < -0.4 is 5.73 Å². The summed E-state index contributed by atoms with van der Waals surface area (Å²) in [6, 6.07) is 0. The Morgan fingerprint density at radius 3 is 1.24 bits per heavy atom. The zero-order valence-corrected chi connectivity index (χ0v) is 43.4. The van der Waals surface area contributed by atoms with Crippen LogP contribution in [0.4, 0.5) is 0 Å². The van der Waals surface area contributed by atoms with Crippen LogP contribution in [0.15, 0.2) is 0 Å². The quantitative estimate of drug-likeness (QED) is 0.0776. The van der Waals surface area contributed by atoms with Crippen LogP contribution in [0.5, 0.6) is 0 Å². The molecule has 0 unspecified atom stereocenters. The molecule has 0 spiro atoms. The molecule has 2 aliphatic heterocycles. The summed E-state index contributed by atoms with van der Waals surface area (Å²) in [4.78, 5) is 13.0. The van der Waals surface area contributed by atoms with E-state index in [-0.39, 0.29) is 26.2 Å². The molecule has 0 amide bonds. The third-order valence-corrected chi connectivity index (χ3v) is 13.6. The molecule has 0 aromatic heterocycles. The molecule has 0 aromatic carbocycles. The number of carbonyl (C=O) groups excluding carboxylic acids is 1. The van der Waals surface area contributed by atoms with Gasteiger partial charge in [0.25, 0.3) is 0 Å². The van der Waals surface area contributed by atoms with Gasteiger partial charge in [0.05, 0.1) is 26.2 Å². The summed E-state index contributed by atoms with van der Waals surface area (Å²) in [6.07, 6.45) is -7.52. The minimum absolute atomic E-state index is 0.0652. The Balaban J connectivity index is 2.75. The minimum atomic E-state index is -2.31. The van der Waals surface area contributed by atoms with Gasteiger partial charge in [-0.25, -0.2) is 0 Å². The second-order valence-corrected chi connectivity index (χ2v) is 47.2. The standard InChI is InChI=1S/C35H79NO13Si6/c1-50(2,3)44-28-25(23-37)41-34(32(48-54(13,14)15)30(28)46-52(7,8)9)43-35-33(49-55(16,17)18)31(47-53(10,11)12)29(45-51(4,5)6)26(42-35)24-40-27(38)19-21-39-22-20-36/h25-26,28-35,37H,19-24,36H2,1-18H3/t25-,26-,28-,29-,30+,31+,32-,33-,34-,35-/m1/s1. The molecule has 0 saturated carbocycles. The van der Waals surface area contributed by atoms with Crippen molar-refractivity contribution in [1.29, 1.82) is 0 Å². The Hall–Kier alpha value is 0.291. The van der Waals surface area contributed by atoms with Crippen molar-refractivity contribution in [3.05, 3.63) is 0 Å². The summed E-state index contributed by atoms with van der Waals surface area (Å²) in [6.45, 7) is 38.5. The SMILES string of the molecule is C[Si](C)(C)O[C@@H]1[C@@H](O[Si](C)(C)C)[C@@H](O[C@H]2O[C@H](COC(=O)CCOCCN)[C@@H](O[Si](C)(C)C)[C@H](O[Si](C)(C)C)[C@H]2O[Si](C)(C)C)O[C@H](CO)[C@H]1O[Si](C)(C)C.